The number of rotatable bonds is 10. The van der Waals surface area contributed by atoms with Crippen molar-refractivity contribution in [2.75, 3.05) is 33.8 Å². The lowest BCUT2D eigenvalue weighted by atomic mass is 10.2. The maximum Gasteiger partial charge on any atom is 0.257 e. The van der Waals surface area contributed by atoms with Gasteiger partial charge in [0.1, 0.15) is 10.8 Å². The number of aromatic nitrogens is 2. The number of methoxy groups -OCH3 is 4. The molecule has 34 heavy (non-hydrogen) atoms. The second-order valence-electron chi connectivity index (χ2n) is 6.61. The van der Waals surface area contributed by atoms with Gasteiger partial charge in [-0.2, -0.15) is 5.10 Å². The van der Waals surface area contributed by atoms with Crippen molar-refractivity contribution in [1.29, 1.82) is 0 Å². The van der Waals surface area contributed by atoms with E-state index in [1.54, 1.807) is 43.5 Å². The van der Waals surface area contributed by atoms with E-state index in [1.807, 2.05) is 0 Å². The van der Waals surface area contributed by atoms with Gasteiger partial charge in [-0.05, 0) is 36.4 Å². The van der Waals surface area contributed by atoms with Gasteiger partial charge in [0, 0.05) is 11.1 Å². The van der Waals surface area contributed by atoms with Gasteiger partial charge in [-0.25, -0.2) is 5.43 Å². The second kappa shape index (κ2) is 11.6. The molecule has 0 aliphatic carbocycles. The molecule has 12 heteroatoms. The van der Waals surface area contributed by atoms with Gasteiger partial charge in [-0.1, -0.05) is 11.3 Å². The molecule has 0 spiro atoms. The fourth-order valence-electron chi connectivity index (χ4n) is 2.82. The Bertz CT molecular complexity index is 1150. The summed E-state index contributed by atoms with van der Waals surface area (Å²) in [7, 11) is 6.08. The highest BCUT2D eigenvalue weighted by atomic mass is 32.1. The topological polar surface area (TPSA) is 133 Å². The molecule has 1 aromatic heterocycles. The summed E-state index contributed by atoms with van der Waals surface area (Å²) in [5.74, 6) is 1.30. The first-order chi connectivity index (χ1) is 16.5. The highest BCUT2D eigenvalue weighted by Crippen LogP contribution is 2.37. The molecule has 0 saturated heterocycles. The van der Waals surface area contributed by atoms with Gasteiger partial charge in [-0.15, -0.1) is 10.2 Å². The number of carbonyl (C=O) groups is 2. The Morgan fingerprint density at radius 2 is 1.65 bits per heavy atom. The zero-order valence-electron chi connectivity index (χ0n) is 18.9. The monoisotopic (exact) mass is 485 g/mol. The van der Waals surface area contributed by atoms with E-state index < -0.39 is 5.91 Å². The molecule has 0 unspecified atom stereocenters. The number of hydrogen-bond donors (Lipinski definition) is 2. The number of nitrogens with one attached hydrogen (secondary N) is 2. The molecule has 0 aliphatic rings. The molecule has 0 radical (unpaired) electrons. The van der Waals surface area contributed by atoms with Crippen LogP contribution >= 0.6 is 11.3 Å². The molecule has 2 amide bonds. The number of nitrogens with zero attached hydrogens (tertiary/aromatic N) is 3. The highest BCUT2D eigenvalue weighted by molar-refractivity contribution is 7.15. The average Bonchev–Trinajstić information content (AvgIpc) is 3.29. The largest absolute Gasteiger partial charge is 0.497 e. The van der Waals surface area contributed by atoms with Crippen LogP contribution in [-0.2, 0) is 11.2 Å². The predicted octanol–water partition coefficient (Wildman–Crippen LogP) is 2.52. The standard InChI is InChI=1S/C22H23N5O6S/c1-30-15-7-5-14(6-8-15)21(29)24-22-27-26-19(34-22)11-18(28)25-23-12-13-9-16(31-2)20(33-4)17(10-13)32-3/h5-10,12H,11H2,1-4H3,(H,25,28)(H,24,27,29)/b23-12+. The van der Waals surface area contributed by atoms with Crippen molar-refractivity contribution < 1.29 is 28.5 Å². The Labute approximate surface area is 199 Å². The molecule has 11 nitrogen and oxygen atoms in total. The SMILES string of the molecule is COc1ccc(C(=O)Nc2nnc(CC(=O)N/N=C/c3cc(OC)c(OC)c(OC)c3)s2)cc1. The minimum absolute atomic E-state index is 0.0529. The molecule has 1 heterocycles. The van der Waals surface area contributed by atoms with Crippen molar-refractivity contribution in [2.45, 2.75) is 6.42 Å². The predicted molar refractivity (Wildman–Crippen MR) is 126 cm³/mol. The van der Waals surface area contributed by atoms with E-state index in [4.69, 9.17) is 18.9 Å². The number of ether oxygens (including phenoxy) is 4. The van der Waals surface area contributed by atoms with Crippen LogP contribution in [-0.4, -0.2) is 56.7 Å². The first kappa shape index (κ1) is 24.5. The molecule has 3 rings (SSSR count). The maximum absolute atomic E-state index is 12.3. The fourth-order valence-corrected chi connectivity index (χ4v) is 3.55. The van der Waals surface area contributed by atoms with Crippen LogP contribution in [0, 0.1) is 0 Å². The molecule has 0 bridgehead atoms. The lowest BCUT2D eigenvalue weighted by Gasteiger charge is -2.12. The second-order valence-corrected chi connectivity index (χ2v) is 7.67. The average molecular weight is 486 g/mol. The van der Waals surface area contributed by atoms with Crippen molar-refractivity contribution in [3.8, 4) is 23.0 Å². The van der Waals surface area contributed by atoms with Crippen LogP contribution in [0.5, 0.6) is 23.0 Å². The summed E-state index contributed by atoms with van der Waals surface area (Å²) in [4.78, 5) is 24.5. The third-order valence-corrected chi connectivity index (χ3v) is 5.28. The summed E-state index contributed by atoms with van der Waals surface area (Å²) < 4.78 is 20.9. The summed E-state index contributed by atoms with van der Waals surface area (Å²) in [6.07, 6.45) is 1.39. The summed E-state index contributed by atoms with van der Waals surface area (Å²) in [5.41, 5.74) is 3.50. The molecule has 2 aromatic carbocycles. The van der Waals surface area contributed by atoms with Crippen LogP contribution in [0.25, 0.3) is 0 Å². The van der Waals surface area contributed by atoms with Crippen LogP contribution < -0.4 is 29.7 Å². The molecule has 2 N–H and O–H groups in total. The number of hydrazone groups is 1. The van der Waals surface area contributed by atoms with E-state index in [2.05, 4.69) is 26.0 Å². The summed E-state index contributed by atoms with van der Waals surface area (Å²) >= 11 is 1.10. The van der Waals surface area contributed by atoms with Crippen LogP contribution in [0.15, 0.2) is 41.5 Å². The summed E-state index contributed by atoms with van der Waals surface area (Å²) in [6, 6.07) is 10.0. The Morgan fingerprint density at radius 1 is 0.971 bits per heavy atom. The van der Waals surface area contributed by atoms with E-state index >= 15 is 0 Å². The first-order valence-electron chi connectivity index (χ1n) is 9.87. The van der Waals surface area contributed by atoms with Crippen molar-refractivity contribution in [3.63, 3.8) is 0 Å². The number of hydrogen-bond acceptors (Lipinski definition) is 10. The molecule has 178 valence electrons. The van der Waals surface area contributed by atoms with Gasteiger partial charge in [-0.3, -0.25) is 14.9 Å². The Hall–Kier alpha value is -4.19. The third kappa shape index (κ3) is 6.19. The summed E-state index contributed by atoms with van der Waals surface area (Å²) in [5, 5.41) is 15.2. The molecular formula is C22H23N5O6S. The first-order valence-corrected chi connectivity index (χ1v) is 10.7. The van der Waals surface area contributed by atoms with Crippen LogP contribution in [0.1, 0.15) is 20.9 Å². The zero-order chi connectivity index (χ0) is 24.5. The fraction of sp³-hybridized carbons (Fsp3) is 0.227. The van der Waals surface area contributed by atoms with Crippen LogP contribution in [0.3, 0.4) is 0 Å². The molecule has 3 aromatic rings. The smallest absolute Gasteiger partial charge is 0.257 e. The van der Waals surface area contributed by atoms with Gasteiger partial charge in [0.15, 0.2) is 11.5 Å². The normalized spacial score (nSPS) is 10.6. The van der Waals surface area contributed by atoms with E-state index in [9.17, 15) is 9.59 Å². The molecule has 0 aliphatic heterocycles. The zero-order valence-corrected chi connectivity index (χ0v) is 19.8. The van der Waals surface area contributed by atoms with E-state index in [1.165, 1.54) is 27.5 Å². The Morgan fingerprint density at radius 3 is 2.24 bits per heavy atom. The van der Waals surface area contributed by atoms with E-state index in [0.717, 1.165) is 11.3 Å². The van der Waals surface area contributed by atoms with Crippen molar-refractivity contribution in [1.82, 2.24) is 15.6 Å². The quantitative estimate of drug-likeness (QED) is 0.331. The van der Waals surface area contributed by atoms with E-state index in [0.29, 0.717) is 39.1 Å². The minimum Gasteiger partial charge on any atom is -0.497 e. The summed E-state index contributed by atoms with van der Waals surface area (Å²) in [6.45, 7) is 0. The van der Waals surface area contributed by atoms with Gasteiger partial charge in [0.25, 0.3) is 5.91 Å². The lowest BCUT2D eigenvalue weighted by molar-refractivity contribution is -0.120. The number of benzene rings is 2. The lowest BCUT2D eigenvalue weighted by Crippen LogP contribution is -2.19. The van der Waals surface area contributed by atoms with Gasteiger partial charge < -0.3 is 18.9 Å². The number of amides is 2. The van der Waals surface area contributed by atoms with Crippen LogP contribution in [0.4, 0.5) is 5.13 Å². The van der Waals surface area contributed by atoms with E-state index in [-0.39, 0.29) is 17.5 Å². The molecule has 0 atom stereocenters. The third-order valence-electron chi connectivity index (χ3n) is 4.44. The van der Waals surface area contributed by atoms with Gasteiger partial charge in [0.2, 0.25) is 16.8 Å². The minimum atomic E-state index is -0.395. The number of anilines is 1. The van der Waals surface area contributed by atoms with Gasteiger partial charge in [0.05, 0.1) is 41.1 Å². The van der Waals surface area contributed by atoms with Crippen molar-refractivity contribution in [2.24, 2.45) is 5.10 Å². The maximum atomic E-state index is 12.3. The Kier molecular flexibility index (Phi) is 8.35. The van der Waals surface area contributed by atoms with Gasteiger partial charge >= 0.3 is 0 Å². The Balaban J connectivity index is 1.55. The highest BCUT2D eigenvalue weighted by Gasteiger charge is 2.14. The molecular weight excluding hydrogens is 462 g/mol. The van der Waals surface area contributed by atoms with Crippen molar-refractivity contribution >= 4 is 34.5 Å². The number of carbonyl (C=O) groups excluding carboxylic acids is 2. The van der Waals surface area contributed by atoms with Crippen LogP contribution in [0.2, 0.25) is 0 Å². The molecule has 0 saturated carbocycles. The van der Waals surface area contributed by atoms with Crippen molar-refractivity contribution in [3.05, 3.63) is 52.5 Å². The molecule has 0 fully saturated rings.